The number of hydrogen-bond acceptors (Lipinski definition) is 3. The zero-order valence-corrected chi connectivity index (χ0v) is 13.3. The second-order valence-electron chi connectivity index (χ2n) is 5.13. The largest absolute Gasteiger partial charge is 0.496 e. The van der Waals surface area contributed by atoms with E-state index in [-0.39, 0.29) is 30.1 Å². The van der Waals surface area contributed by atoms with Crippen molar-refractivity contribution in [2.45, 2.75) is 6.54 Å². The summed E-state index contributed by atoms with van der Waals surface area (Å²) in [6, 6.07) is 12.8. The van der Waals surface area contributed by atoms with Crippen molar-refractivity contribution in [3.63, 3.8) is 0 Å². The van der Waals surface area contributed by atoms with Crippen molar-refractivity contribution in [2.24, 2.45) is 0 Å². The highest BCUT2D eigenvalue weighted by Crippen LogP contribution is 2.21. The van der Waals surface area contributed by atoms with E-state index < -0.39 is 5.82 Å². The van der Waals surface area contributed by atoms with Crippen LogP contribution in [0.1, 0.15) is 21.5 Å². The lowest BCUT2D eigenvalue weighted by atomic mass is 10.1. The molecule has 0 aliphatic carbocycles. The molecule has 0 aliphatic heterocycles. The standard InChI is InChI=1S/C19H17FN2O2/c1-3-8-22(13-15-6-4-5-7-18(15)24-2)19(23)16-9-14(12-21)10-17(20)11-16/h3-7,9-11H,1,8,13H2,2H3. The summed E-state index contributed by atoms with van der Waals surface area (Å²) in [7, 11) is 1.56. The Morgan fingerprint density at radius 2 is 2.12 bits per heavy atom. The fraction of sp³-hybridized carbons (Fsp3) is 0.158. The quantitative estimate of drug-likeness (QED) is 0.764. The molecular formula is C19H17FN2O2. The Morgan fingerprint density at radius 3 is 2.79 bits per heavy atom. The van der Waals surface area contributed by atoms with Gasteiger partial charge in [-0.3, -0.25) is 4.79 Å². The SMILES string of the molecule is C=CCN(Cc1ccccc1OC)C(=O)c1cc(F)cc(C#N)c1. The van der Waals surface area contributed by atoms with Crippen LogP contribution in [0.15, 0.2) is 55.1 Å². The number of nitrogens with zero attached hydrogens (tertiary/aromatic N) is 2. The number of carbonyl (C=O) groups excluding carboxylic acids is 1. The first-order valence-electron chi connectivity index (χ1n) is 7.31. The predicted molar refractivity (Wildman–Crippen MR) is 89.0 cm³/mol. The van der Waals surface area contributed by atoms with E-state index >= 15 is 0 Å². The average molecular weight is 324 g/mol. The number of para-hydroxylation sites is 1. The molecule has 0 spiro atoms. The van der Waals surface area contributed by atoms with E-state index in [4.69, 9.17) is 10.00 Å². The van der Waals surface area contributed by atoms with Crippen LogP contribution in [-0.4, -0.2) is 24.5 Å². The molecule has 122 valence electrons. The zero-order chi connectivity index (χ0) is 17.5. The first-order chi connectivity index (χ1) is 11.6. The van der Waals surface area contributed by atoms with E-state index in [1.165, 1.54) is 11.0 Å². The molecule has 0 saturated carbocycles. The van der Waals surface area contributed by atoms with Gasteiger partial charge in [-0.1, -0.05) is 24.3 Å². The van der Waals surface area contributed by atoms with Crippen LogP contribution in [0.5, 0.6) is 5.75 Å². The summed E-state index contributed by atoms with van der Waals surface area (Å²) in [5, 5.41) is 8.94. The van der Waals surface area contributed by atoms with Crippen LogP contribution in [0.4, 0.5) is 4.39 Å². The maximum Gasteiger partial charge on any atom is 0.254 e. The highest BCUT2D eigenvalue weighted by molar-refractivity contribution is 5.94. The molecule has 0 atom stereocenters. The molecule has 1 amide bonds. The molecule has 0 N–H and O–H groups in total. The fourth-order valence-electron chi connectivity index (χ4n) is 2.37. The number of ether oxygens (including phenoxy) is 1. The predicted octanol–water partition coefficient (Wildman–Crippen LogP) is 3.53. The summed E-state index contributed by atoms with van der Waals surface area (Å²) in [4.78, 5) is 14.2. The smallest absolute Gasteiger partial charge is 0.254 e. The summed E-state index contributed by atoms with van der Waals surface area (Å²) < 4.78 is 18.9. The molecule has 2 aromatic rings. The minimum atomic E-state index is -0.617. The minimum Gasteiger partial charge on any atom is -0.496 e. The molecule has 0 saturated heterocycles. The number of halogens is 1. The molecule has 0 radical (unpaired) electrons. The van der Waals surface area contributed by atoms with Crippen molar-refractivity contribution < 1.29 is 13.9 Å². The van der Waals surface area contributed by atoms with Crippen LogP contribution in [0.25, 0.3) is 0 Å². The molecule has 0 aliphatic rings. The van der Waals surface area contributed by atoms with Gasteiger partial charge in [0.15, 0.2) is 0 Å². The number of amides is 1. The first kappa shape index (κ1) is 17.2. The lowest BCUT2D eigenvalue weighted by Crippen LogP contribution is -2.31. The molecule has 5 heteroatoms. The third kappa shape index (κ3) is 3.99. The molecule has 4 nitrogen and oxygen atoms in total. The maximum atomic E-state index is 13.6. The number of benzene rings is 2. The van der Waals surface area contributed by atoms with Gasteiger partial charge in [0.1, 0.15) is 11.6 Å². The van der Waals surface area contributed by atoms with Gasteiger partial charge in [0.2, 0.25) is 0 Å². The Hall–Kier alpha value is -3.13. The zero-order valence-electron chi connectivity index (χ0n) is 13.3. The molecule has 0 aromatic heterocycles. The summed E-state index contributed by atoms with van der Waals surface area (Å²) in [5.41, 5.74) is 1.06. The number of hydrogen-bond donors (Lipinski definition) is 0. The van der Waals surface area contributed by atoms with E-state index in [0.29, 0.717) is 5.75 Å². The lowest BCUT2D eigenvalue weighted by Gasteiger charge is -2.22. The molecule has 0 heterocycles. The Morgan fingerprint density at radius 1 is 1.38 bits per heavy atom. The van der Waals surface area contributed by atoms with Gasteiger partial charge < -0.3 is 9.64 Å². The number of methoxy groups -OCH3 is 1. The molecule has 0 unspecified atom stereocenters. The van der Waals surface area contributed by atoms with Gasteiger partial charge in [0.05, 0.1) is 18.7 Å². The van der Waals surface area contributed by atoms with Crippen LogP contribution in [0, 0.1) is 17.1 Å². The maximum absolute atomic E-state index is 13.6. The summed E-state index contributed by atoms with van der Waals surface area (Å²) in [5.74, 6) is -0.332. The molecule has 0 bridgehead atoms. The van der Waals surface area contributed by atoms with Crippen LogP contribution < -0.4 is 4.74 Å². The van der Waals surface area contributed by atoms with Crippen molar-refractivity contribution in [1.82, 2.24) is 4.90 Å². The van der Waals surface area contributed by atoms with Crippen LogP contribution in [0.2, 0.25) is 0 Å². The number of nitriles is 1. The Kier molecular flexibility index (Phi) is 5.69. The molecule has 0 fully saturated rings. The monoisotopic (exact) mass is 324 g/mol. The molecule has 24 heavy (non-hydrogen) atoms. The summed E-state index contributed by atoms with van der Waals surface area (Å²) in [6.07, 6.45) is 1.60. The molecule has 2 aromatic carbocycles. The number of rotatable bonds is 6. The third-order valence-electron chi connectivity index (χ3n) is 3.46. The highest BCUT2D eigenvalue weighted by Gasteiger charge is 2.18. The van der Waals surface area contributed by atoms with E-state index in [1.807, 2.05) is 30.3 Å². The first-order valence-corrected chi connectivity index (χ1v) is 7.31. The van der Waals surface area contributed by atoms with E-state index in [0.717, 1.165) is 17.7 Å². The van der Waals surface area contributed by atoms with Gasteiger partial charge in [-0.2, -0.15) is 5.26 Å². The van der Waals surface area contributed by atoms with E-state index in [1.54, 1.807) is 13.2 Å². The average Bonchev–Trinajstić information content (AvgIpc) is 2.60. The second kappa shape index (κ2) is 7.93. The summed E-state index contributed by atoms with van der Waals surface area (Å²) in [6.45, 7) is 4.23. The molecular weight excluding hydrogens is 307 g/mol. The summed E-state index contributed by atoms with van der Waals surface area (Å²) >= 11 is 0. The van der Waals surface area contributed by atoms with Gasteiger partial charge in [-0.15, -0.1) is 6.58 Å². The fourth-order valence-corrected chi connectivity index (χ4v) is 2.37. The second-order valence-corrected chi connectivity index (χ2v) is 5.13. The third-order valence-corrected chi connectivity index (χ3v) is 3.46. The van der Waals surface area contributed by atoms with E-state index in [9.17, 15) is 9.18 Å². The van der Waals surface area contributed by atoms with Gasteiger partial charge in [0.25, 0.3) is 5.91 Å². The van der Waals surface area contributed by atoms with Crippen molar-refractivity contribution in [2.75, 3.05) is 13.7 Å². The van der Waals surface area contributed by atoms with Gasteiger partial charge in [-0.25, -0.2) is 4.39 Å². The van der Waals surface area contributed by atoms with Crippen molar-refractivity contribution in [3.05, 3.63) is 77.6 Å². The van der Waals surface area contributed by atoms with Gasteiger partial charge in [-0.05, 0) is 24.3 Å². The van der Waals surface area contributed by atoms with Crippen LogP contribution in [0.3, 0.4) is 0 Å². The Labute approximate surface area is 140 Å². The van der Waals surface area contributed by atoms with Crippen molar-refractivity contribution >= 4 is 5.91 Å². The van der Waals surface area contributed by atoms with Gasteiger partial charge >= 0.3 is 0 Å². The van der Waals surface area contributed by atoms with Gasteiger partial charge in [0, 0.05) is 24.2 Å². The van der Waals surface area contributed by atoms with Crippen molar-refractivity contribution in [3.8, 4) is 11.8 Å². The van der Waals surface area contributed by atoms with Crippen LogP contribution >= 0.6 is 0 Å². The topological polar surface area (TPSA) is 53.3 Å². The van der Waals surface area contributed by atoms with Crippen LogP contribution in [-0.2, 0) is 6.54 Å². The lowest BCUT2D eigenvalue weighted by molar-refractivity contribution is 0.0761. The van der Waals surface area contributed by atoms with E-state index in [2.05, 4.69) is 6.58 Å². The molecule has 2 rings (SSSR count). The highest BCUT2D eigenvalue weighted by atomic mass is 19.1. The van der Waals surface area contributed by atoms with Crippen molar-refractivity contribution in [1.29, 1.82) is 5.26 Å². The normalized spacial score (nSPS) is 9.88. The Bertz CT molecular complexity index is 796. The number of carbonyl (C=O) groups is 1. The Balaban J connectivity index is 2.33. The minimum absolute atomic E-state index is 0.106.